The zero-order valence-electron chi connectivity index (χ0n) is 29.7. The van der Waals surface area contributed by atoms with E-state index in [1.54, 1.807) is 0 Å². The number of aryl methyl sites for hydroxylation is 4. The second-order valence-corrected chi connectivity index (χ2v) is 16.1. The molecule has 2 fully saturated rings. The van der Waals surface area contributed by atoms with Crippen LogP contribution in [-0.2, 0) is 25.7 Å². The number of phenols is 2. The molecular formula is C41H62N2O2. The quantitative estimate of drug-likeness (QED) is 0.185. The van der Waals surface area contributed by atoms with Crippen LogP contribution in [0.2, 0.25) is 0 Å². The summed E-state index contributed by atoms with van der Waals surface area (Å²) in [5.41, 5.74) is 6.16. The molecule has 3 unspecified atom stereocenters. The average Bonchev–Trinajstić information content (AvgIpc) is 3.55. The minimum Gasteiger partial charge on any atom is -0.507 e. The van der Waals surface area contributed by atoms with Crippen LogP contribution in [0.1, 0.15) is 140 Å². The predicted molar refractivity (Wildman–Crippen MR) is 193 cm³/mol. The maximum Gasteiger partial charge on any atom is 0.127 e. The molecule has 0 heterocycles. The van der Waals surface area contributed by atoms with Crippen LogP contribution in [0.3, 0.4) is 0 Å². The lowest BCUT2D eigenvalue weighted by molar-refractivity contribution is 0.367. The van der Waals surface area contributed by atoms with Crippen LogP contribution in [0.15, 0.2) is 34.3 Å². The summed E-state index contributed by atoms with van der Waals surface area (Å²) in [4.78, 5) is 10.5. The Morgan fingerprint density at radius 2 is 1.16 bits per heavy atom. The summed E-state index contributed by atoms with van der Waals surface area (Å²) in [6.45, 7) is 18.0. The molecule has 2 aliphatic carbocycles. The summed E-state index contributed by atoms with van der Waals surface area (Å²) in [5, 5.41) is 22.7. The standard InChI is InChI=1S/C41H62N2O2/c1-27(2)9-13-31-19-34(15-11-29(5)6)39(44)36(21-31)25-42-38-23-33-17-18-41(38,24-33)43-26-37-22-32(14-10-28(3)4)20-35(40(37)45)16-12-30(7)8/h19-22,25-30,33,38,44-45H,9-18,23-24H2,1-8H3. The van der Waals surface area contributed by atoms with E-state index in [2.05, 4.69) is 79.7 Å². The van der Waals surface area contributed by atoms with Crippen molar-refractivity contribution in [2.75, 3.05) is 0 Å². The van der Waals surface area contributed by atoms with E-state index in [-0.39, 0.29) is 11.6 Å². The van der Waals surface area contributed by atoms with Gasteiger partial charge >= 0.3 is 0 Å². The van der Waals surface area contributed by atoms with Gasteiger partial charge in [0.2, 0.25) is 0 Å². The van der Waals surface area contributed by atoms with Crippen LogP contribution >= 0.6 is 0 Å². The molecule has 2 saturated carbocycles. The van der Waals surface area contributed by atoms with Crippen molar-refractivity contribution in [1.29, 1.82) is 0 Å². The van der Waals surface area contributed by atoms with E-state index >= 15 is 0 Å². The molecule has 0 spiro atoms. The van der Waals surface area contributed by atoms with Gasteiger partial charge in [0.25, 0.3) is 0 Å². The van der Waals surface area contributed by atoms with E-state index in [0.717, 1.165) is 92.9 Å². The maximum atomic E-state index is 11.4. The largest absolute Gasteiger partial charge is 0.507 e. The number of nitrogens with zero attached hydrogens (tertiary/aromatic N) is 2. The molecule has 2 aromatic carbocycles. The third-order valence-corrected chi connectivity index (χ3v) is 10.2. The van der Waals surface area contributed by atoms with E-state index in [0.29, 0.717) is 41.1 Å². The molecule has 0 radical (unpaired) electrons. The number of rotatable bonds is 16. The summed E-state index contributed by atoms with van der Waals surface area (Å²) in [7, 11) is 0. The van der Waals surface area contributed by atoms with E-state index in [1.165, 1.54) is 17.5 Å². The maximum absolute atomic E-state index is 11.4. The first kappa shape index (κ1) is 35.2. The average molecular weight is 615 g/mol. The van der Waals surface area contributed by atoms with Gasteiger partial charge < -0.3 is 10.2 Å². The van der Waals surface area contributed by atoms with Gasteiger partial charge in [0.15, 0.2) is 0 Å². The van der Waals surface area contributed by atoms with Gasteiger partial charge in [-0.05, 0) is 141 Å². The summed E-state index contributed by atoms with van der Waals surface area (Å²) in [6, 6.07) is 8.86. The van der Waals surface area contributed by atoms with Gasteiger partial charge in [-0.3, -0.25) is 9.98 Å². The van der Waals surface area contributed by atoms with Crippen molar-refractivity contribution in [2.45, 2.75) is 144 Å². The Kier molecular flexibility index (Phi) is 12.4. The normalized spacial score (nSPS) is 21.7. The van der Waals surface area contributed by atoms with Crippen molar-refractivity contribution in [3.05, 3.63) is 57.6 Å². The van der Waals surface area contributed by atoms with Gasteiger partial charge in [0.05, 0.1) is 11.6 Å². The number of hydrogen-bond acceptors (Lipinski definition) is 4. The highest BCUT2D eigenvalue weighted by atomic mass is 16.3. The summed E-state index contributed by atoms with van der Waals surface area (Å²) in [6.07, 6.45) is 16.5. The SMILES string of the molecule is CC(C)CCc1cc(C=NC2CC3CCC2(N=Cc2cc(CCC(C)C)cc(CCC(C)C)c2O)C3)c(O)c(CCC(C)C)c1. The Hall–Kier alpha value is -2.62. The number of fused-ring (bicyclic) bond motifs is 2. The van der Waals surface area contributed by atoms with Crippen LogP contribution in [-0.4, -0.2) is 34.2 Å². The minimum absolute atomic E-state index is 0.0945. The van der Waals surface area contributed by atoms with Crippen molar-refractivity contribution in [3.63, 3.8) is 0 Å². The number of phenolic OH excluding ortho intramolecular Hbond substituents is 2. The Labute approximate surface area is 274 Å². The smallest absolute Gasteiger partial charge is 0.127 e. The zero-order valence-corrected chi connectivity index (χ0v) is 29.7. The lowest BCUT2D eigenvalue weighted by Gasteiger charge is -2.28. The molecule has 2 N–H and O–H groups in total. The lowest BCUT2D eigenvalue weighted by atomic mass is 9.89. The van der Waals surface area contributed by atoms with Gasteiger partial charge in [0.1, 0.15) is 11.5 Å². The molecule has 248 valence electrons. The molecular weight excluding hydrogens is 552 g/mol. The van der Waals surface area contributed by atoms with Crippen LogP contribution in [0, 0.1) is 29.6 Å². The number of aromatic hydroxyl groups is 2. The van der Waals surface area contributed by atoms with Gasteiger partial charge in [-0.2, -0.15) is 0 Å². The molecule has 45 heavy (non-hydrogen) atoms. The highest BCUT2D eigenvalue weighted by Gasteiger charge is 2.52. The van der Waals surface area contributed by atoms with Crippen molar-refractivity contribution < 1.29 is 10.2 Å². The molecule has 0 aliphatic heterocycles. The van der Waals surface area contributed by atoms with Gasteiger partial charge in [-0.1, -0.05) is 67.5 Å². The fraction of sp³-hybridized carbons (Fsp3) is 0.659. The second-order valence-electron chi connectivity index (χ2n) is 16.1. The third-order valence-electron chi connectivity index (χ3n) is 10.2. The molecule has 0 aromatic heterocycles. The molecule has 4 nitrogen and oxygen atoms in total. The van der Waals surface area contributed by atoms with Crippen molar-refractivity contribution in [3.8, 4) is 11.5 Å². The highest BCUT2D eigenvalue weighted by molar-refractivity contribution is 5.86. The Morgan fingerprint density at radius 3 is 1.62 bits per heavy atom. The molecule has 0 amide bonds. The first-order valence-electron chi connectivity index (χ1n) is 18.1. The van der Waals surface area contributed by atoms with E-state index in [9.17, 15) is 10.2 Å². The second kappa shape index (κ2) is 15.8. The molecule has 4 heteroatoms. The topological polar surface area (TPSA) is 65.2 Å². The molecule has 3 atom stereocenters. The van der Waals surface area contributed by atoms with Crippen LogP contribution < -0.4 is 0 Å². The van der Waals surface area contributed by atoms with E-state index in [1.807, 2.05) is 12.4 Å². The molecule has 2 aliphatic rings. The molecule has 4 rings (SSSR count). The van der Waals surface area contributed by atoms with Gasteiger partial charge in [-0.15, -0.1) is 0 Å². The summed E-state index contributed by atoms with van der Waals surface area (Å²) >= 11 is 0. The Balaban J connectivity index is 1.62. The molecule has 2 aromatic rings. The number of aliphatic imine (C=N–C) groups is 2. The first-order chi connectivity index (χ1) is 21.3. The van der Waals surface area contributed by atoms with Crippen LogP contribution in [0.25, 0.3) is 0 Å². The van der Waals surface area contributed by atoms with E-state index < -0.39 is 0 Å². The van der Waals surface area contributed by atoms with Gasteiger partial charge in [0, 0.05) is 23.6 Å². The fourth-order valence-corrected chi connectivity index (χ4v) is 7.21. The van der Waals surface area contributed by atoms with Crippen LogP contribution in [0.4, 0.5) is 0 Å². The van der Waals surface area contributed by atoms with Crippen molar-refractivity contribution in [1.82, 2.24) is 0 Å². The first-order valence-corrected chi connectivity index (χ1v) is 18.1. The number of benzene rings is 2. The minimum atomic E-state index is -0.231. The monoisotopic (exact) mass is 614 g/mol. The summed E-state index contributed by atoms with van der Waals surface area (Å²) < 4.78 is 0. The van der Waals surface area contributed by atoms with Crippen LogP contribution in [0.5, 0.6) is 11.5 Å². The Bertz CT molecular complexity index is 1320. The summed E-state index contributed by atoms with van der Waals surface area (Å²) in [5.74, 6) is 3.90. The lowest BCUT2D eigenvalue weighted by Crippen LogP contribution is -2.34. The zero-order chi connectivity index (χ0) is 32.7. The Morgan fingerprint density at radius 1 is 0.689 bits per heavy atom. The molecule has 2 bridgehead atoms. The predicted octanol–water partition coefficient (Wildman–Crippen LogP) is 10.3. The van der Waals surface area contributed by atoms with Crippen molar-refractivity contribution in [2.24, 2.45) is 39.6 Å². The highest BCUT2D eigenvalue weighted by Crippen LogP contribution is 2.51. The van der Waals surface area contributed by atoms with Gasteiger partial charge in [-0.25, -0.2) is 0 Å². The third kappa shape index (κ3) is 9.69. The fourth-order valence-electron chi connectivity index (χ4n) is 7.21. The number of hydrogen-bond donors (Lipinski definition) is 2. The van der Waals surface area contributed by atoms with Crippen molar-refractivity contribution >= 4 is 12.4 Å². The van der Waals surface area contributed by atoms with E-state index in [4.69, 9.17) is 9.98 Å². The molecule has 0 saturated heterocycles.